The number of amides is 2. The molecule has 0 radical (unpaired) electrons. The number of para-hydroxylation sites is 1. The number of H-pyrrole nitrogens is 1. The van der Waals surface area contributed by atoms with E-state index < -0.39 is 18.0 Å². The van der Waals surface area contributed by atoms with Crippen molar-refractivity contribution >= 4 is 57.6 Å². The smallest absolute Gasteiger partial charge is 0.243 e. The Bertz CT molecular complexity index is 1960. The molecule has 294 valence electrons. The van der Waals surface area contributed by atoms with E-state index in [2.05, 4.69) is 26.6 Å². The van der Waals surface area contributed by atoms with Gasteiger partial charge >= 0.3 is 0 Å². The Kier molecular flexibility index (Phi) is 14.2. The number of nitrogens with zero attached hydrogens (tertiary/aromatic N) is 3. The predicted octanol–water partition coefficient (Wildman–Crippen LogP) is 4.51. The molecule has 2 aliphatic rings. The lowest BCUT2D eigenvalue weighted by atomic mass is 9.90. The largest absolute Gasteiger partial charge is 0.370 e. The molecule has 0 saturated carbocycles. The Hall–Kier alpha value is -3.98. The third kappa shape index (κ3) is 10.1. The number of halogens is 1. The Labute approximate surface area is 332 Å². The van der Waals surface area contributed by atoms with Gasteiger partial charge < -0.3 is 42.6 Å². The number of likely N-dealkylation sites (N-methyl/N-ethyl adjacent to an activating group) is 1. The van der Waals surface area contributed by atoms with Gasteiger partial charge in [0.05, 0.1) is 11.1 Å². The summed E-state index contributed by atoms with van der Waals surface area (Å²) in [6, 6.07) is 14.5. The highest BCUT2D eigenvalue weighted by Gasteiger charge is 2.34. The van der Waals surface area contributed by atoms with E-state index in [0.717, 1.165) is 62.6 Å². The number of ketones is 1. The van der Waals surface area contributed by atoms with E-state index in [1.54, 1.807) is 18.1 Å². The van der Waals surface area contributed by atoms with Crippen molar-refractivity contribution in [2.45, 2.75) is 92.5 Å². The number of carbonyl (C=O) groups excluding carboxylic acids is 3. The maximum atomic E-state index is 14.6. The number of hydrogen-bond acceptors (Lipinski definition) is 10. The number of rotatable bonds is 10. The summed E-state index contributed by atoms with van der Waals surface area (Å²) in [7, 11) is 1.68. The molecular weight excluding hydrogens is 734 g/mol. The van der Waals surface area contributed by atoms with Gasteiger partial charge in [0, 0.05) is 91.9 Å². The van der Waals surface area contributed by atoms with E-state index >= 15 is 0 Å². The van der Waals surface area contributed by atoms with Crippen LogP contribution in [0.3, 0.4) is 0 Å². The summed E-state index contributed by atoms with van der Waals surface area (Å²) in [6.45, 7) is 2.99. The molecule has 2 amide bonds. The number of nitrogens with one attached hydrogen (secondary N) is 3. The standard InChI is InChI=1S/C41H54ClN9O3S/c1-50-36(19-28-23-47-34-11-3-2-10-32(28)34)39(53)49-24-29-18-31(51-17-13-30(45)25-51)21-33(42)38(29)55-40-27(9-7-16-46-40)22-48-35(12-6-15-44)37(52)20-26(41(50)54)8-4-5-14-43/h2-3,7,9-11,16,18,21,23,26,30,35-36,47-48H,4-6,8,12-15,17,19-20,22,24-25,43-45H2,1H3,(H,49,53)/t26-,30?,35+,36+/m1/s1. The first kappa shape index (κ1) is 40.7. The number of fused-ring (bicyclic) bond motifs is 3. The van der Waals surface area contributed by atoms with Crippen molar-refractivity contribution in [2.75, 3.05) is 38.1 Å². The van der Waals surface area contributed by atoms with Gasteiger partial charge in [0.15, 0.2) is 5.78 Å². The van der Waals surface area contributed by atoms with Crippen molar-refractivity contribution in [3.05, 3.63) is 82.6 Å². The second-order valence-corrected chi connectivity index (χ2v) is 16.1. The summed E-state index contributed by atoms with van der Waals surface area (Å²) in [5.41, 5.74) is 22.6. The van der Waals surface area contributed by atoms with E-state index in [-0.39, 0.29) is 43.0 Å². The van der Waals surface area contributed by atoms with Crippen LogP contribution in [0.1, 0.15) is 61.6 Å². The third-order valence-corrected chi connectivity index (χ3v) is 12.5. The molecular formula is C41H54ClN9O3S. The highest BCUT2D eigenvalue weighted by Crippen LogP contribution is 2.40. The van der Waals surface area contributed by atoms with Gasteiger partial charge in [-0.05, 0) is 86.1 Å². The molecule has 2 aromatic carbocycles. The molecule has 6 rings (SSSR count). The SMILES string of the molecule is CN1C(=O)[C@H](CCCCN)CC(=O)[C@H](CCCN)NCc2cccnc2Sc2c(Cl)cc(N3CCC(N)C3)cc2CNC(=O)[C@@H]1Cc1c[nH]c2ccccc12. The molecule has 4 aromatic rings. The van der Waals surface area contributed by atoms with Crippen LogP contribution in [0.4, 0.5) is 5.69 Å². The minimum Gasteiger partial charge on any atom is -0.370 e. The first-order valence-electron chi connectivity index (χ1n) is 19.4. The lowest BCUT2D eigenvalue weighted by Crippen LogP contribution is -2.51. The molecule has 12 nitrogen and oxygen atoms in total. The molecule has 0 bridgehead atoms. The lowest BCUT2D eigenvalue weighted by molar-refractivity contribution is -0.143. The van der Waals surface area contributed by atoms with Gasteiger partial charge in [-0.3, -0.25) is 14.4 Å². The van der Waals surface area contributed by atoms with Crippen molar-refractivity contribution in [1.82, 2.24) is 25.5 Å². The quantitative estimate of drug-likeness (QED) is 0.125. The van der Waals surface area contributed by atoms with E-state index in [0.29, 0.717) is 56.9 Å². The summed E-state index contributed by atoms with van der Waals surface area (Å²) >= 11 is 8.56. The average Bonchev–Trinajstić information content (AvgIpc) is 3.82. The van der Waals surface area contributed by atoms with Gasteiger partial charge in [0.25, 0.3) is 0 Å². The molecule has 55 heavy (non-hydrogen) atoms. The van der Waals surface area contributed by atoms with E-state index in [1.165, 1.54) is 11.8 Å². The zero-order valence-corrected chi connectivity index (χ0v) is 33.1. The molecule has 0 spiro atoms. The number of nitrogens with two attached hydrogens (primary N) is 3. The van der Waals surface area contributed by atoms with Crippen molar-refractivity contribution < 1.29 is 14.4 Å². The number of pyridine rings is 1. The van der Waals surface area contributed by atoms with Crippen LogP contribution >= 0.6 is 23.4 Å². The Morgan fingerprint density at radius 2 is 1.80 bits per heavy atom. The van der Waals surface area contributed by atoms with Gasteiger partial charge in [-0.1, -0.05) is 54.0 Å². The van der Waals surface area contributed by atoms with Crippen LogP contribution in [0.5, 0.6) is 0 Å². The van der Waals surface area contributed by atoms with Crippen molar-refractivity contribution in [3.63, 3.8) is 0 Å². The van der Waals surface area contributed by atoms with Crippen LogP contribution in [0, 0.1) is 5.92 Å². The van der Waals surface area contributed by atoms with Crippen LogP contribution < -0.4 is 32.7 Å². The summed E-state index contributed by atoms with van der Waals surface area (Å²) < 4.78 is 0. The molecule has 2 aromatic heterocycles. The molecule has 1 saturated heterocycles. The number of carbonyl (C=O) groups is 3. The Balaban J connectivity index is 1.42. The molecule has 0 aliphatic carbocycles. The number of aromatic amines is 1. The third-order valence-electron chi connectivity index (χ3n) is 10.8. The number of unbranched alkanes of at least 4 members (excludes halogenated alkanes) is 1. The van der Waals surface area contributed by atoms with Gasteiger partial charge in [-0.2, -0.15) is 0 Å². The zero-order valence-electron chi connectivity index (χ0n) is 31.6. The molecule has 1 fully saturated rings. The molecule has 14 heteroatoms. The van der Waals surface area contributed by atoms with Crippen molar-refractivity contribution in [1.29, 1.82) is 0 Å². The topological polar surface area (TPSA) is 188 Å². The fraction of sp³-hybridized carbons (Fsp3) is 0.463. The van der Waals surface area contributed by atoms with Gasteiger partial charge in [0.1, 0.15) is 11.1 Å². The van der Waals surface area contributed by atoms with Crippen LogP contribution in [-0.4, -0.2) is 83.8 Å². The van der Waals surface area contributed by atoms with Crippen LogP contribution in [0.25, 0.3) is 10.9 Å². The van der Waals surface area contributed by atoms with E-state index in [9.17, 15) is 14.4 Å². The summed E-state index contributed by atoms with van der Waals surface area (Å²) in [6.07, 6.45) is 7.89. The first-order chi connectivity index (χ1) is 26.7. The highest BCUT2D eigenvalue weighted by atomic mass is 35.5. The minimum atomic E-state index is -0.866. The molecule has 2 aliphatic heterocycles. The van der Waals surface area contributed by atoms with Gasteiger partial charge in [-0.25, -0.2) is 4.98 Å². The van der Waals surface area contributed by atoms with Crippen LogP contribution in [-0.2, 0) is 33.9 Å². The second-order valence-electron chi connectivity index (χ2n) is 14.7. The van der Waals surface area contributed by atoms with E-state index in [4.69, 9.17) is 33.8 Å². The average molecular weight is 788 g/mol. The number of benzene rings is 2. The zero-order chi connectivity index (χ0) is 38.9. The predicted molar refractivity (Wildman–Crippen MR) is 220 cm³/mol. The number of anilines is 1. The van der Waals surface area contributed by atoms with Gasteiger partial charge in [-0.15, -0.1) is 0 Å². The highest BCUT2D eigenvalue weighted by molar-refractivity contribution is 7.99. The molecule has 4 heterocycles. The maximum Gasteiger partial charge on any atom is 0.243 e. The molecule has 9 N–H and O–H groups in total. The molecule has 4 atom stereocenters. The van der Waals surface area contributed by atoms with Gasteiger partial charge in [0.2, 0.25) is 11.8 Å². The lowest BCUT2D eigenvalue weighted by Gasteiger charge is -2.31. The van der Waals surface area contributed by atoms with Crippen molar-refractivity contribution in [2.24, 2.45) is 23.1 Å². The fourth-order valence-electron chi connectivity index (χ4n) is 7.65. The number of aromatic nitrogens is 2. The summed E-state index contributed by atoms with van der Waals surface area (Å²) in [4.78, 5) is 55.9. The summed E-state index contributed by atoms with van der Waals surface area (Å²) in [5, 5.41) is 8.94. The normalized spacial score (nSPS) is 21.7. The van der Waals surface area contributed by atoms with Crippen molar-refractivity contribution in [3.8, 4) is 0 Å². The van der Waals surface area contributed by atoms with Crippen LogP contribution in [0.2, 0.25) is 5.02 Å². The van der Waals surface area contributed by atoms with E-state index in [1.807, 2.05) is 48.7 Å². The Morgan fingerprint density at radius 1 is 0.982 bits per heavy atom. The second kappa shape index (κ2) is 19.2. The monoisotopic (exact) mass is 787 g/mol. The first-order valence-corrected chi connectivity index (χ1v) is 20.6. The minimum absolute atomic E-state index is 0.0377. The number of hydrogen-bond donors (Lipinski definition) is 6. The fourth-order valence-corrected chi connectivity index (χ4v) is 9.00. The number of Topliss-reactive ketones (excluding diaryl/α,β-unsaturated/α-hetero) is 1. The summed E-state index contributed by atoms with van der Waals surface area (Å²) in [5.74, 6) is -1.23. The Morgan fingerprint density at radius 3 is 2.58 bits per heavy atom. The maximum absolute atomic E-state index is 14.6. The van der Waals surface area contributed by atoms with Crippen LogP contribution in [0.15, 0.2) is 70.8 Å². The molecule has 1 unspecified atom stereocenters.